The van der Waals surface area contributed by atoms with Crippen molar-refractivity contribution in [3.8, 4) is 0 Å². The monoisotopic (exact) mass is 296 g/mol. The van der Waals surface area contributed by atoms with E-state index in [0.29, 0.717) is 48.1 Å². The highest BCUT2D eigenvalue weighted by Crippen LogP contribution is 2.10. The highest BCUT2D eigenvalue weighted by Gasteiger charge is 2.18. The molecule has 1 amide bonds. The topological polar surface area (TPSA) is 81.3 Å². The summed E-state index contributed by atoms with van der Waals surface area (Å²) in [5.41, 5.74) is 7.37. The second-order valence-electron chi connectivity index (χ2n) is 4.49. The number of carbonyl (C=O) groups excluding carboxylic acids is 1. The van der Waals surface area contributed by atoms with Crippen LogP contribution >= 0.6 is 12.2 Å². The molecule has 0 aliphatic rings. The van der Waals surface area contributed by atoms with E-state index >= 15 is 0 Å². The molecule has 0 aliphatic heterocycles. The van der Waals surface area contributed by atoms with E-state index < -0.39 is 0 Å². The number of rotatable bonds is 7. The molecule has 110 valence electrons. The molecule has 0 fully saturated rings. The van der Waals surface area contributed by atoms with Gasteiger partial charge >= 0.3 is 0 Å². The summed E-state index contributed by atoms with van der Waals surface area (Å²) in [6, 6.07) is 1.74. The largest absolute Gasteiger partial charge is 0.393 e. The number of hydrogen-bond donors (Lipinski definition) is 1. The molecule has 7 heteroatoms. The number of hydrogen-bond acceptors (Lipinski definition) is 5. The van der Waals surface area contributed by atoms with Crippen molar-refractivity contribution >= 4 is 23.1 Å². The van der Waals surface area contributed by atoms with Crippen LogP contribution in [0, 0.1) is 13.8 Å². The number of ether oxygens (including phenoxy) is 1. The van der Waals surface area contributed by atoms with Crippen molar-refractivity contribution in [3.05, 3.63) is 23.0 Å². The maximum absolute atomic E-state index is 12.6. The Morgan fingerprint density at radius 3 is 2.70 bits per heavy atom. The van der Waals surface area contributed by atoms with E-state index in [1.54, 1.807) is 31.9 Å². The van der Waals surface area contributed by atoms with Gasteiger partial charge in [0.1, 0.15) is 0 Å². The standard InChI is InChI=1S/C13H20N4O2S/c1-9-8-11(10(2)16-15-9)13(18)17(6-7-19-3)5-4-12(14)20/h8H,4-7H2,1-3H3,(H2,14,20). The van der Waals surface area contributed by atoms with E-state index in [4.69, 9.17) is 22.7 Å². The van der Waals surface area contributed by atoms with Gasteiger partial charge in [-0.1, -0.05) is 12.2 Å². The third-order valence-electron chi connectivity index (χ3n) is 2.81. The van der Waals surface area contributed by atoms with E-state index in [1.807, 2.05) is 0 Å². The first-order chi connectivity index (χ1) is 9.45. The predicted octanol–water partition coefficient (Wildman–Crippen LogP) is 0.858. The molecule has 1 rings (SSSR count). The first-order valence-corrected chi connectivity index (χ1v) is 6.74. The fourth-order valence-electron chi connectivity index (χ4n) is 1.70. The minimum Gasteiger partial charge on any atom is -0.393 e. The molecule has 0 atom stereocenters. The normalized spacial score (nSPS) is 10.3. The predicted molar refractivity (Wildman–Crippen MR) is 80.7 cm³/mol. The van der Waals surface area contributed by atoms with E-state index in [9.17, 15) is 4.79 Å². The third kappa shape index (κ3) is 4.82. The van der Waals surface area contributed by atoms with Crippen LogP contribution in [0.3, 0.4) is 0 Å². The molecule has 0 saturated heterocycles. The van der Waals surface area contributed by atoms with Gasteiger partial charge in [0.05, 0.1) is 28.5 Å². The smallest absolute Gasteiger partial charge is 0.255 e. The zero-order chi connectivity index (χ0) is 15.1. The Morgan fingerprint density at radius 1 is 1.40 bits per heavy atom. The number of nitrogens with two attached hydrogens (primary N) is 1. The number of nitrogens with zero attached hydrogens (tertiary/aromatic N) is 3. The number of aryl methyl sites for hydroxylation is 2. The molecule has 0 aliphatic carbocycles. The van der Waals surface area contributed by atoms with Gasteiger partial charge < -0.3 is 15.4 Å². The van der Waals surface area contributed by atoms with Gasteiger partial charge in [-0.2, -0.15) is 10.2 Å². The van der Waals surface area contributed by atoms with Crippen LogP contribution in [-0.4, -0.2) is 52.8 Å². The Bertz CT molecular complexity index is 493. The SMILES string of the molecule is COCCN(CCC(N)=S)C(=O)c1cc(C)nnc1C. The quantitative estimate of drug-likeness (QED) is 0.752. The van der Waals surface area contributed by atoms with Crippen LogP contribution < -0.4 is 5.73 Å². The molecule has 0 spiro atoms. The van der Waals surface area contributed by atoms with Crippen LogP contribution in [-0.2, 0) is 4.74 Å². The fourth-order valence-corrected chi connectivity index (χ4v) is 1.79. The van der Waals surface area contributed by atoms with E-state index in [-0.39, 0.29) is 5.91 Å². The average Bonchev–Trinajstić information content (AvgIpc) is 2.40. The minimum atomic E-state index is -0.103. The van der Waals surface area contributed by atoms with Crippen molar-refractivity contribution in [2.24, 2.45) is 5.73 Å². The first kappa shape index (κ1) is 16.5. The molecular weight excluding hydrogens is 276 g/mol. The van der Waals surface area contributed by atoms with E-state index in [1.165, 1.54) is 0 Å². The first-order valence-electron chi connectivity index (χ1n) is 6.33. The molecule has 0 radical (unpaired) electrons. The van der Waals surface area contributed by atoms with E-state index in [0.717, 1.165) is 0 Å². The maximum atomic E-state index is 12.6. The summed E-state index contributed by atoms with van der Waals surface area (Å²) in [5, 5.41) is 7.91. The molecule has 2 N–H and O–H groups in total. The Hall–Kier alpha value is -1.60. The third-order valence-corrected chi connectivity index (χ3v) is 3.02. The van der Waals surface area contributed by atoms with E-state index in [2.05, 4.69) is 10.2 Å². The molecule has 6 nitrogen and oxygen atoms in total. The Balaban J connectivity index is 2.90. The highest BCUT2D eigenvalue weighted by atomic mass is 32.1. The van der Waals surface area contributed by atoms with Crippen LogP contribution in [0.25, 0.3) is 0 Å². The van der Waals surface area contributed by atoms with Crippen LogP contribution in [0.2, 0.25) is 0 Å². The molecule has 20 heavy (non-hydrogen) atoms. The molecule has 1 heterocycles. The lowest BCUT2D eigenvalue weighted by atomic mass is 10.1. The summed E-state index contributed by atoms with van der Waals surface area (Å²) >= 11 is 4.86. The van der Waals surface area contributed by atoms with Crippen LogP contribution in [0.5, 0.6) is 0 Å². The summed E-state index contributed by atoms with van der Waals surface area (Å²) in [7, 11) is 1.60. The van der Waals surface area contributed by atoms with Crippen molar-refractivity contribution in [2.75, 3.05) is 26.8 Å². The number of amides is 1. The average molecular weight is 296 g/mol. The van der Waals surface area contributed by atoms with Gasteiger partial charge in [-0.05, 0) is 19.9 Å². The summed E-state index contributed by atoms with van der Waals surface area (Å²) in [5.74, 6) is -0.103. The second kappa shape index (κ2) is 7.86. The van der Waals surface area contributed by atoms with Gasteiger partial charge in [0.15, 0.2) is 0 Å². The summed E-state index contributed by atoms with van der Waals surface area (Å²) in [4.78, 5) is 14.6. The van der Waals surface area contributed by atoms with Crippen LogP contribution in [0.15, 0.2) is 6.07 Å². The zero-order valence-electron chi connectivity index (χ0n) is 12.0. The van der Waals surface area contributed by atoms with Crippen molar-refractivity contribution in [1.82, 2.24) is 15.1 Å². The van der Waals surface area contributed by atoms with Crippen LogP contribution in [0.1, 0.15) is 28.2 Å². The molecule has 1 aromatic heterocycles. The van der Waals surface area contributed by atoms with Crippen molar-refractivity contribution in [2.45, 2.75) is 20.3 Å². The molecular formula is C13H20N4O2S. The summed E-state index contributed by atoms with van der Waals surface area (Å²) in [6.45, 7) is 4.98. The number of aromatic nitrogens is 2. The van der Waals surface area contributed by atoms with Gasteiger partial charge in [0, 0.05) is 26.6 Å². The lowest BCUT2D eigenvalue weighted by Gasteiger charge is -2.22. The summed E-state index contributed by atoms with van der Waals surface area (Å²) < 4.78 is 5.03. The van der Waals surface area contributed by atoms with Gasteiger partial charge in [0.25, 0.3) is 5.91 Å². The number of thiocarbonyl (C=S) groups is 1. The number of methoxy groups -OCH3 is 1. The molecule has 0 unspecified atom stereocenters. The van der Waals surface area contributed by atoms with Gasteiger partial charge in [-0.3, -0.25) is 4.79 Å². The number of carbonyl (C=O) groups is 1. The minimum absolute atomic E-state index is 0.103. The van der Waals surface area contributed by atoms with Crippen molar-refractivity contribution in [3.63, 3.8) is 0 Å². The van der Waals surface area contributed by atoms with Gasteiger partial charge in [-0.15, -0.1) is 0 Å². The van der Waals surface area contributed by atoms with Gasteiger partial charge in [-0.25, -0.2) is 0 Å². The zero-order valence-corrected chi connectivity index (χ0v) is 12.9. The van der Waals surface area contributed by atoms with Gasteiger partial charge in [0.2, 0.25) is 0 Å². The highest BCUT2D eigenvalue weighted by molar-refractivity contribution is 7.80. The maximum Gasteiger partial charge on any atom is 0.255 e. The Kier molecular flexibility index (Phi) is 6.47. The summed E-state index contributed by atoms with van der Waals surface area (Å²) in [6.07, 6.45) is 0.487. The molecule has 0 aromatic carbocycles. The van der Waals surface area contributed by atoms with Crippen molar-refractivity contribution < 1.29 is 9.53 Å². The fraction of sp³-hybridized carbons (Fsp3) is 0.538. The molecule has 0 saturated carbocycles. The van der Waals surface area contributed by atoms with Crippen molar-refractivity contribution in [1.29, 1.82) is 0 Å². The Labute approximate surface area is 124 Å². The molecule has 0 bridgehead atoms. The van der Waals surface area contributed by atoms with Crippen LogP contribution in [0.4, 0.5) is 0 Å². The Morgan fingerprint density at radius 2 is 2.10 bits per heavy atom. The second-order valence-corrected chi connectivity index (χ2v) is 5.01. The lowest BCUT2D eigenvalue weighted by molar-refractivity contribution is 0.0699. The lowest BCUT2D eigenvalue weighted by Crippen LogP contribution is -2.36. The molecule has 1 aromatic rings.